The number of amides is 1. The van der Waals surface area contributed by atoms with Crippen LogP contribution in [0.2, 0.25) is 0 Å². The number of non-ortho nitro benzene ring substituents is 1. The lowest BCUT2D eigenvalue weighted by atomic mass is 10.1. The Morgan fingerprint density at radius 1 is 1.16 bits per heavy atom. The molecule has 1 amide bonds. The molecule has 0 aliphatic heterocycles. The summed E-state index contributed by atoms with van der Waals surface area (Å²) in [5.74, 6) is 0.529. The Kier molecular flexibility index (Phi) is 6.28. The van der Waals surface area contributed by atoms with E-state index in [2.05, 4.69) is 5.32 Å². The van der Waals surface area contributed by atoms with Crippen LogP contribution in [-0.2, 0) is 4.79 Å². The van der Waals surface area contributed by atoms with Gasteiger partial charge in [0.2, 0.25) is 5.91 Å². The van der Waals surface area contributed by atoms with Crippen LogP contribution < -0.4 is 10.1 Å². The van der Waals surface area contributed by atoms with E-state index in [1.165, 1.54) is 23.8 Å². The van der Waals surface area contributed by atoms with Crippen molar-refractivity contribution in [3.8, 4) is 5.75 Å². The van der Waals surface area contributed by atoms with E-state index in [4.69, 9.17) is 4.74 Å². The van der Waals surface area contributed by atoms with Gasteiger partial charge in [0.15, 0.2) is 0 Å². The summed E-state index contributed by atoms with van der Waals surface area (Å²) in [5, 5.41) is 13.3. The van der Waals surface area contributed by atoms with Gasteiger partial charge in [-0.2, -0.15) is 0 Å². The minimum Gasteiger partial charge on any atom is -0.492 e. The van der Waals surface area contributed by atoms with E-state index in [0.29, 0.717) is 18.7 Å². The highest BCUT2D eigenvalue weighted by molar-refractivity contribution is 5.91. The lowest BCUT2D eigenvalue weighted by molar-refractivity contribution is -0.384. The molecule has 2 rings (SSSR count). The normalized spacial score (nSPS) is 10.6. The highest BCUT2D eigenvalue weighted by atomic mass is 16.6. The summed E-state index contributed by atoms with van der Waals surface area (Å²) in [6.45, 7) is 4.82. The average molecular weight is 340 g/mol. The third-order valence-corrected chi connectivity index (χ3v) is 3.68. The van der Waals surface area contributed by atoms with Crippen molar-refractivity contribution in [2.24, 2.45) is 0 Å². The van der Waals surface area contributed by atoms with Crippen LogP contribution in [0.5, 0.6) is 5.75 Å². The minimum absolute atomic E-state index is 0.0186. The maximum absolute atomic E-state index is 11.7. The number of hydrogen-bond acceptors (Lipinski definition) is 4. The predicted molar refractivity (Wildman–Crippen MR) is 96.6 cm³/mol. The Labute approximate surface area is 146 Å². The first kappa shape index (κ1) is 18.2. The van der Waals surface area contributed by atoms with E-state index < -0.39 is 4.92 Å². The number of carbonyl (C=O) groups is 1. The Bertz CT molecular complexity index is 783. The van der Waals surface area contributed by atoms with Crippen LogP contribution in [0.3, 0.4) is 0 Å². The number of carbonyl (C=O) groups excluding carboxylic acids is 1. The predicted octanol–water partition coefficient (Wildman–Crippen LogP) is 3.42. The molecule has 0 heterocycles. The van der Waals surface area contributed by atoms with Gasteiger partial charge in [-0.05, 0) is 60.9 Å². The van der Waals surface area contributed by atoms with Gasteiger partial charge in [0.1, 0.15) is 12.4 Å². The molecule has 25 heavy (non-hydrogen) atoms. The Hall–Kier alpha value is -3.15. The molecule has 2 aromatic carbocycles. The quantitative estimate of drug-likeness (QED) is 0.362. The largest absolute Gasteiger partial charge is 0.492 e. The lowest BCUT2D eigenvalue weighted by Gasteiger charge is -2.08. The molecule has 0 saturated carbocycles. The van der Waals surface area contributed by atoms with E-state index in [-0.39, 0.29) is 11.6 Å². The van der Waals surface area contributed by atoms with Crippen molar-refractivity contribution in [2.75, 3.05) is 13.2 Å². The van der Waals surface area contributed by atoms with Crippen LogP contribution in [0.25, 0.3) is 6.08 Å². The molecule has 0 fully saturated rings. The van der Waals surface area contributed by atoms with E-state index in [9.17, 15) is 14.9 Å². The van der Waals surface area contributed by atoms with Crippen molar-refractivity contribution in [3.63, 3.8) is 0 Å². The van der Waals surface area contributed by atoms with Gasteiger partial charge >= 0.3 is 0 Å². The molecule has 0 aliphatic rings. The van der Waals surface area contributed by atoms with Crippen LogP contribution in [-0.4, -0.2) is 24.0 Å². The van der Waals surface area contributed by atoms with Crippen molar-refractivity contribution in [2.45, 2.75) is 13.8 Å². The monoisotopic (exact) mass is 340 g/mol. The molecule has 0 atom stereocenters. The second-order valence-corrected chi connectivity index (χ2v) is 5.57. The molecule has 2 aromatic rings. The first-order valence-electron chi connectivity index (χ1n) is 7.86. The molecule has 6 nitrogen and oxygen atoms in total. The molecule has 6 heteroatoms. The Balaban J connectivity index is 1.74. The summed E-state index contributed by atoms with van der Waals surface area (Å²) >= 11 is 0. The third-order valence-electron chi connectivity index (χ3n) is 3.68. The topological polar surface area (TPSA) is 81.5 Å². The number of nitro benzene ring substituents is 1. The summed E-state index contributed by atoms with van der Waals surface area (Å²) in [7, 11) is 0. The van der Waals surface area contributed by atoms with Crippen LogP contribution in [0, 0.1) is 24.0 Å². The van der Waals surface area contributed by atoms with E-state index in [1.807, 2.05) is 32.0 Å². The summed E-state index contributed by atoms with van der Waals surface area (Å²) < 4.78 is 5.59. The molecule has 0 bridgehead atoms. The van der Waals surface area contributed by atoms with Crippen molar-refractivity contribution in [3.05, 3.63) is 75.3 Å². The number of aryl methyl sites for hydroxylation is 2. The first-order valence-corrected chi connectivity index (χ1v) is 7.86. The highest BCUT2D eigenvalue weighted by Gasteiger charge is 2.03. The van der Waals surface area contributed by atoms with Gasteiger partial charge in [0.05, 0.1) is 11.5 Å². The standard InChI is InChI=1S/C19H20N2O4/c1-14-3-9-18(13-15(14)2)25-12-11-20-19(22)10-6-16-4-7-17(8-5-16)21(23)24/h3-10,13H,11-12H2,1-2H3,(H,20,22). The van der Waals surface area contributed by atoms with Crippen LogP contribution in [0.4, 0.5) is 5.69 Å². The highest BCUT2D eigenvalue weighted by Crippen LogP contribution is 2.16. The van der Waals surface area contributed by atoms with Gasteiger partial charge in [-0.25, -0.2) is 0 Å². The van der Waals surface area contributed by atoms with Gasteiger partial charge < -0.3 is 10.1 Å². The van der Waals surface area contributed by atoms with Gasteiger partial charge in [0.25, 0.3) is 5.69 Å². The number of hydrogen-bond donors (Lipinski definition) is 1. The second-order valence-electron chi connectivity index (χ2n) is 5.57. The van der Waals surface area contributed by atoms with Gasteiger partial charge in [-0.15, -0.1) is 0 Å². The molecule has 0 radical (unpaired) electrons. The summed E-state index contributed by atoms with van der Waals surface area (Å²) in [5.41, 5.74) is 3.10. The SMILES string of the molecule is Cc1ccc(OCCNC(=O)C=Cc2ccc([N+](=O)[O-])cc2)cc1C. The average Bonchev–Trinajstić information content (AvgIpc) is 2.60. The fourth-order valence-electron chi connectivity index (χ4n) is 2.08. The van der Waals surface area contributed by atoms with Crippen LogP contribution in [0.15, 0.2) is 48.5 Å². The van der Waals surface area contributed by atoms with Crippen LogP contribution in [0.1, 0.15) is 16.7 Å². The van der Waals surface area contributed by atoms with Crippen molar-refractivity contribution in [1.82, 2.24) is 5.32 Å². The number of nitro groups is 1. The van der Waals surface area contributed by atoms with Gasteiger partial charge in [-0.1, -0.05) is 6.07 Å². The van der Waals surface area contributed by atoms with E-state index in [0.717, 1.165) is 11.3 Å². The molecular formula is C19H20N2O4. The molecule has 0 unspecified atom stereocenters. The molecule has 0 spiro atoms. The molecule has 0 saturated heterocycles. The summed E-state index contributed by atoms with van der Waals surface area (Å²) in [4.78, 5) is 21.9. The summed E-state index contributed by atoms with van der Waals surface area (Å²) in [6.07, 6.45) is 2.99. The van der Waals surface area contributed by atoms with E-state index in [1.54, 1.807) is 18.2 Å². The van der Waals surface area contributed by atoms with Crippen LogP contribution >= 0.6 is 0 Å². The smallest absolute Gasteiger partial charge is 0.269 e. The fraction of sp³-hybridized carbons (Fsp3) is 0.211. The number of benzene rings is 2. The van der Waals surface area contributed by atoms with Crippen molar-refractivity contribution in [1.29, 1.82) is 0 Å². The molecule has 0 aliphatic carbocycles. The zero-order valence-corrected chi connectivity index (χ0v) is 14.2. The maximum atomic E-state index is 11.7. The molecule has 0 aromatic heterocycles. The van der Waals surface area contributed by atoms with Crippen molar-refractivity contribution >= 4 is 17.7 Å². The fourth-order valence-corrected chi connectivity index (χ4v) is 2.08. The third kappa shape index (κ3) is 5.76. The van der Waals surface area contributed by atoms with E-state index >= 15 is 0 Å². The molecule has 1 N–H and O–H groups in total. The van der Waals surface area contributed by atoms with Gasteiger partial charge in [-0.3, -0.25) is 14.9 Å². The number of rotatable bonds is 7. The lowest BCUT2D eigenvalue weighted by Crippen LogP contribution is -2.26. The Morgan fingerprint density at radius 2 is 1.88 bits per heavy atom. The zero-order valence-electron chi connectivity index (χ0n) is 14.2. The second kappa shape index (κ2) is 8.63. The Morgan fingerprint density at radius 3 is 2.52 bits per heavy atom. The molecular weight excluding hydrogens is 320 g/mol. The number of nitrogens with one attached hydrogen (secondary N) is 1. The number of ether oxygens (including phenoxy) is 1. The molecule has 130 valence electrons. The zero-order chi connectivity index (χ0) is 18.2. The maximum Gasteiger partial charge on any atom is 0.269 e. The van der Waals surface area contributed by atoms with Gasteiger partial charge in [0, 0.05) is 18.2 Å². The number of nitrogens with zero attached hydrogens (tertiary/aromatic N) is 1. The minimum atomic E-state index is -0.463. The first-order chi connectivity index (χ1) is 12.0. The van der Waals surface area contributed by atoms with Crippen molar-refractivity contribution < 1.29 is 14.5 Å². The summed E-state index contributed by atoms with van der Waals surface area (Å²) in [6, 6.07) is 11.8.